The van der Waals surface area contributed by atoms with E-state index in [4.69, 9.17) is 5.11 Å². The topological polar surface area (TPSA) is 37.3 Å². The van der Waals surface area contributed by atoms with Gasteiger partial charge in [-0.1, -0.05) is 12.1 Å². The molecule has 1 aromatic carbocycles. The van der Waals surface area contributed by atoms with Crippen molar-refractivity contribution in [3.63, 3.8) is 0 Å². The largest absolute Gasteiger partial charge is 0.507 e. The quantitative estimate of drug-likeness (QED) is 0.720. The van der Waals surface area contributed by atoms with E-state index >= 15 is 0 Å². The van der Waals surface area contributed by atoms with E-state index < -0.39 is 23.5 Å². The van der Waals surface area contributed by atoms with Gasteiger partial charge in [-0.05, 0) is 13.0 Å². The van der Waals surface area contributed by atoms with Crippen molar-refractivity contribution in [2.75, 3.05) is 0 Å². The lowest BCUT2D eigenvalue weighted by Crippen LogP contribution is -1.99. The highest BCUT2D eigenvalue weighted by atomic mass is 19.3. The molecule has 0 saturated heterocycles. The number of aromatic hydroxyl groups is 1. The summed E-state index contributed by atoms with van der Waals surface area (Å²) in [4.78, 5) is 10.9. The lowest BCUT2D eigenvalue weighted by atomic mass is 10.0. The molecule has 0 amide bonds. The van der Waals surface area contributed by atoms with Crippen LogP contribution in [0, 0.1) is 0 Å². The zero-order chi connectivity index (χ0) is 10.0. The lowest BCUT2D eigenvalue weighted by molar-refractivity contribution is 0.0996. The first kappa shape index (κ1) is 9.64. The van der Waals surface area contributed by atoms with Gasteiger partial charge in [0.15, 0.2) is 5.78 Å². The van der Waals surface area contributed by atoms with E-state index in [1.807, 2.05) is 0 Å². The van der Waals surface area contributed by atoms with Crippen molar-refractivity contribution in [3.05, 3.63) is 29.3 Å². The van der Waals surface area contributed by atoms with Crippen LogP contribution in [0.1, 0.15) is 29.3 Å². The van der Waals surface area contributed by atoms with E-state index in [2.05, 4.69) is 0 Å². The van der Waals surface area contributed by atoms with Gasteiger partial charge in [0.05, 0.1) is 5.56 Å². The molecule has 1 aromatic rings. The summed E-state index contributed by atoms with van der Waals surface area (Å²) in [5, 5.41) is 9.08. The number of ketones is 1. The molecule has 0 aliphatic rings. The van der Waals surface area contributed by atoms with E-state index in [0.29, 0.717) is 0 Å². The summed E-state index contributed by atoms with van der Waals surface area (Å²) in [6.45, 7) is 1.18. The van der Waals surface area contributed by atoms with Gasteiger partial charge < -0.3 is 5.11 Å². The molecule has 0 aliphatic carbocycles. The molecule has 13 heavy (non-hydrogen) atoms. The predicted octanol–water partition coefficient (Wildman–Crippen LogP) is 2.53. The fraction of sp³-hybridized carbons (Fsp3) is 0.222. The molecule has 0 unspecified atom stereocenters. The van der Waals surface area contributed by atoms with Crippen LogP contribution in [-0.4, -0.2) is 10.9 Å². The van der Waals surface area contributed by atoms with Gasteiger partial charge in [-0.3, -0.25) is 4.79 Å². The van der Waals surface area contributed by atoms with Crippen molar-refractivity contribution in [1.29, 1.82) is 0 Å². The molecule has 0 radical (unpaired) electrons. The van der Waals surface area contributed by atoms with Crippen LogP contribution in [0.3, 0.4) is 0 Å². The molecule has 0 heterocycles. The fourth-order valence-corrected chi connectivity index (χ4v) is 1.09. The molecule has 0 atom stereocenters. The fourth-order valence-electron chi connectivity index (χ4n) is 1.09. The molecule has 0 saturated carbocycles. The first-order valence-electron chi connectivity index (χ1n) is 3.65. The number of hydrogen-bond donors (Lipinski definition) is 1. The second kappa shape index (κ2) is 3.51. The highest BCUT2D eigenvalue weighted by Gasteiger charge is 2.19. The maximum atomic E-state index is 12.3. The summed E-state index contributed by atoms with van der Waals surface area (Å²) in [6, 6.07) is 3.76. The highest BCUT2D eigenvalue weighted by molar-refractivity contribution is 5.96. The zero-order valence-corrected chi connectivity index (χ0v) is 6.92. The van der Waals surface area contributed by atoms with Gasteiger partial charge in [0, 0.05) is 5.56 Å². The third kappa shape index (κ3) is 1.83. The molecule has 0 bridgehead atoms. The zero-order valence-electron chi connectivity index (χ0n) is 6.92. The van der Waals surface area contributed by atoms with Crippen molar-refractivity contribution in [1.82, 2.24) is 0 Å². The molecule has 2 nitrogen and oxygen atoms in total. The molecule has 1 rings (SSSR count). The van der Waals surface area contributed by atoms with E-state index in [9.17, 15) is 13.6 Å². The second-order valence-corrected chi connectivity index (χ2v) is 2.60. The number of halogens is 2. The molecule has 0 aromatic heterocycles. The molecule has 0 fully saturated rings. The molecular formula is C9H8F2O2. The Balaban J connectivity index is 3.34. The van der Waals surface area contributed by atoms with Gasteiger partial charge in [-0.25, -0.2) is 8.78 Å². The van der Waals surface area contributed by atoms with Crippen LogP contribution >= 0.6 is 0 Å². The molecule has 0 aliphatic heterocycles. The second-order valence-electron chi connectivity index (χ2n) is 2.60. The lowest BCUT2D eigenvalue weighted by Gasteiger charge is -2.07. The molecule has 4 heteroatoms. The Bertz CT molecular complexity index is 334. The van der Waals surface area contributed by atoms with Crippen LogP contribution in [0.25, 0.3) is 0 Å². The maximum absolute atomic E-state index is 12.3. The number of carbonyl (C=O) groups excluding carboxylic acids is 1. The Morgan fingerprint density at radius 2 is 2.08 bits per heavy atom. The van der Waals surface area contributed by atoms with E-state index in [1.165, 1.54) is 19.1 Å². The number of alkyl halides is 2. The first-order valence-corrected chi connectivity index (χ1v) is 3.65. The maximum Gasteiger partial charge on any atom is 0.268 e. The third-order valence-electron chi connectivity index (χ3n) is 1.68. The van der Waals surface area contributed by atoms with E-state index in [0.717, 1.165) is 6.07 Å². The number of Topliss-reactive ketones (excluding diaryl/α,β-unsaturated/α-hetero) is 1. The Morgan fingerprint density at radius 1 is 1.46 bits per heavy atom. The normalized spacial score (nSPS) is 10.5. The first-order chi connectivity index (χ1) is 6.04. The molecule has 70 valence electrons. The number of rotatable bonds is 2. The van der Waals surface area contributed by atoms with Gasteiger partial charge >= 0.3 is 0 Å². The average molecular weight is 186 g/mol. The summed E-state index contributed by atoms with van der Waals surface area (Å²) >= 11 is 0. The number of benzene rings is 1. The molecule has 1 N–H and O–H groups in total. The summed E-state index contributed by atoms with van der Waals surface area (Å²) in [7, 11) is 0. The van der Waals surface area contributed by atoms with Crippen molar-refractivity contribution >= 4 is 5.78 Å². The number of phenolic OH excluding ortho intramolecular Hbond substituents is 1. The number of carbonyl (C=O) groups is 1. The van der Waals surface area contributed by atoms with Gasteiger partial charge in [-0.15, -0.1) is 0 Å². The van der Waals surface area contributed by atoms with Crippen LogP contribution < -0.4 is 0 Å². The van der Waals surface area contributed by atoms with Crippen molar-refractivity contribution in [3.8, 4) is 5.75 Å². The predicted molar refractivity (Wildman–Crippen MR) is 43.1 cm³/mol. The van der Waals surface area contributed by atoms with Crippen LogP contribution in [0.2, 0.25) is 0 Å². The van der Waals surface area contributed by atoms with Gasteiger partial charge in [0.1, 0.15) is 5.75 Å². The Labute approximate surface area is 73.8 Å². The average Bonchev–Trinajstić information content (AvgIpc) is 2.02. The number of phenols is 1. The SMILES string of the molecule is CC(=O)c1cccc(O)c1C(F)F. The van der Waals surface area contributed by atoms with Crippen molar-refractivity contribution < 1.29 is 18.7 Å². The summed E-state index contributed by atoms with van der Waals surface area (Å²) in [5.41, 5.74) is -0.718. The standard InChI is InChI=1S/C9H8F2O2/c1-5(12)6-3-2-4-7(13)8(6)9(10)11/h2-4,9,13H,1H3. The summed E-state index contributed by atoms with van der Waals surface area (Å²) in [6.07, 6.45) is -2.83. The summed E-state index contributed by atoms with van der Waals surface area (Å²) in [5.74, 6) is -1.02. The Kier molecular flexibility index (Phi) is 2.60. The minimum atomic E-state index is -2.83. The minimum absolute atomic E-state index is 0.130. The Morgan fingerprint density at radius 3 is 2.46 bits per heavy atom. The summed E-state index contributed by atoms with van der Waals surface area (Å²) < 4.78 is 24.7. The van der Waals surface area contributed by atoms with Crippen LogP contribution in [0.5, 0.6) is 5.75 Å². The van der Waals surface area contributed by atoms with E-state index in [1.54, 1.807) is 0 Å². The molecule has 0 spiro atoms. The van der Waals surface area contributed by atoms with Crippen LogP contribution in [-0.2, 0) is 0 Å². The van der Waals surface area contributed by atoms with Crippen molar-refractivity contribution in [2.24, 2.45) is 0 Å². The number of hydrogen-bond acceptors (Lipinski definition) is 2. The van der Waals surface area contributed by atoms with Gasteiger partial charge in [-0.2, -0.15) is 0 Å². The molecular weight excluding hydrogens is 178 g/mol. The van der Waals surface area contributed by atoms with Gasteiger partial charge in [0.2, 0.25) is 0 Å². The third-order valence-corrected chi connectivity index (χ3v) is 1.68. The Hall–Kier alpha value is -1.45. The van der Waals surface area contributed by atoms with Crippen LogP contribution in [0.15, 0.2) is 18.2 Å². The monoisotopic (exact) mass is 186 g/mol. The van der Waals surface area contributed by atoms with Crippen LogP contribution in [0.4, 0.5) is 8.78 Å². The van der Waals surface area contributed by atoms with Gasteiger partial charge in [0.25, 0.3) is 6.43 Å². The smallest absolute Gasteiger partial charge is 0.268 e. The van der Waals surface area contributed by atoms with Crippen molar-refractivity contribution in [2.45, 2.75) is 13.3 Å². The minimum Gasteiger partial charge on any atom is -0.507 e. The highest BCUT2D eigenvalue weighted by Crippen LogP contribution is 2.31. The van der Waals surface area contributed by atoms with E-state index in [-0.39, 0.29) is 5.56 Å².